The van der Waals surface area contributed by atoms with Crippen molar-refractivity contribution in [3.63, 3.8) is 0 Å². The zero-order valence-corrected chi connectivity index (χ0v) is 9.73. The summed E-state index contributed by atoms with van der Waals surface area (Å²) in [5.74, 6) is -0.983. The lowest BCUT2D eigenvalue weighted by atomic mass is 10.2. The Morgan fingerprint density at radius 3 is 2.13 bits per heavy atom. The van der Waals surface area contributed by atoms with Crippen LogP contribution in [0.2, 0.25) is 0 Å². The van der Waals surface area contributed by atoms with E-state index in [0.717, 1.165) is 17.2 Å². The Kier molecular flexibility index (Phi) is 5.00. The Labute approximate surface area is 89.6 Å². The second-order valence-corrected chi connectivity index (χ2v) is 3.89. The number of ether oxygens (including phenoxy) is 1. The number of nitrogens with zero attached hydrogens (tertiary/aromatic N) is 1. The normalized spacial score (nSPS) is 11.5. The van der Waals surface area contributed by atoms with Crippen LogP contribution < -0.4 is 0 Å². The van der Waals surface area contributed by atoms with Gasteiger partial charge in [-0.25, -0.2) is 9.86 Å². The fraction of sp³-hybridized carbons (Fsp3) is 0.600. The molecule has 0 atom stereocenters. The van der Waals surface area contributed by atoms with E-state index in [1.165, 1.54) is 14.2 Å². The average molecular weight is 215 g/mol. The number of hydrogen-bond acceptors (Lipinski definition) is 4. The highest BCUT2D eigenvalue weighted by Gasteiger charge is 2.14. The summed E-state index contributed by atoms with van der Waals surface area (Å²) in [7, 11) is 2.81. The molecule has 15 heavy (non-hydrogen) atoms. The van der Waals surface area contributed by atoms with Gasteiger partial charge in [0.25, 0.3) is 5.91 Å². The molecule has 86 valence electrons. The lowest BCUT2D eigenvalue weighted by molar-refractivity contribution is -0.163. The second-order valence-electron chi connectivity index (χ2n) is 3.89. The first-order valence-electron chi connectivity index (χ1n) is 4.49. The molecule has 0 aromatic rings. The third kappa shape index (κ3) is 6.68. The van der Waals surface area contributed by atoms with Crippen LogP contribution >= 0.6 is 0 Å². The largest absolute Gasteiger partial charge is 0.457 e. The maximum Gasteiger partial charge on any atom is 0.331 e. The van der Waals surface area contributed by atoms with Crippen LogP contribution in [0.1, 0.15) is 20.8 Å². The molecule has 0 aliphatic rings. The van der Waals surface area contributed by atoms with E-state index in [-0.39, 0.29) is 0 Å². The van der Waals surface area contributed by atoms with Crippen LogP contribution in [0.15, 0.2) is 12.2 Å². The zero-order chi connectivity index (χ0) is 12.1. The summed E-state index contributed by atoms with van der Waals surface area (Å²) in [6.45, 7) is 5.26. The Bertz CT molecular complexity index is 265. The fourth-order valence-corrected chi connectivity index (χ4v) is 0.670. The van der Waals surface area contributed by atoms with Gasteiger partial charge in [0.1, 0.15) is 5.60 Å². The molecule has 5 nitrogen and oxygen atoms in total. The number of hydrogen-bond donors (Lipinski definition) is 0. The van der Waals surface area contributed by atoms with E-state index in [9.17, 15) is 9.59 Å². The smallest absolute Gasteiger partial charge is 0.331 e. The highest BCUT2D eigenvalue weighted by Crippen LogP contribution is 2.07. The molecule has 0 heterocycles. The molecule has 0 aromatic carbocycles. The predicted molar refractivity (Wildman–Crippen MR) is 54.8 cm³/mol. The molecule has 0 unspecified atom stereocenters. The maximum atomic E-state index is 11.2. The maximum absolute atomic E-state index is 11.2. The molecule has 0 aliphatic heterocycles. The Hall–Kier alpha value is -1.36. The topological polar surface area (TPSA) is 55.8 Å². The van der Waals surface area contributed by atoms with Gasteiger partial charge in [0.05, 0.1) is 7.11 Å². The van der Waals surface area contributed by atoms with Crippen molar-refractivity contribution in [3.8, 4) is 0 Å². The van der Waals surface area contributed by atoms with Gasteiger partial charge in [-0.2, -0.15) is 0 Å². The lowest BCUT2D eigenvalue weighted by Crippen LogP contribution is -2.25. The molecule has 0 saturated heterocycles. The van der Waals surface area contributed by atoms with Gasteiger partial charge in [-0.15, -0.1) is 0 Å². The molecule has 0 aromatic heterocycles. The van der Waals surface area contributed by atoms with Crippen molar-refractivity contribution in [3.05, 3.63) is 12.2 Å². The van der Waals surface area contributed by atoms with Crippen LogP contribution in [-0.2, 0) is 19.2 Å². The van der Waals surface area contributed by atoms with Crippen LogP contribution in [0.3, 0.4) is 0 Å². The van der Waals surface area contributed by atoms with Crippen LogP contribution in [0, 0.1) is 0 Å². The number of amides is 1. The van der Waals surface area contributed by atoms with E-state index >= 15 is 0 Å². The Morgan fingerprint density at radius 1 is 1.20 bits per heavy atom. The quantitative estimate of drug-likeness (QED) is 0.399. The van der Waals surface area contributed by atoms with Crippen LogP contribution in [0.25, 0.3) is 0 Å². The number of esters is 1. The molecule has 1 amide bonds. The first-order chi connectivity index (χ1) is 6.76. The van der Waals surface area contributed by atoms with Crippen molar-refractivity contribution >= 4 is 11.9 Å². The molecule has 0 bridgehead atoms. The van der Waals surface area contributed by atoms with Gasteiger partial charge in [0.2, 0.25) is 0 Å². The van der Waals surface area contributed by atoms with Crippen molar-refractivity contribution in [2.75, 3.05) is 14.2 Å². The Balaban J connectivity index is 4.18. The minimum Gasteiger partial charge on any atom is -0.457 e. The van der Waals surface area contributed by atoms with Gasteiger partial charge in [-0.05, 0) is 20.8 Å². The number of hydroxylamine groups is 2. The molecule has 0 fully saturated rings. The van der Waals surface area contributed by atoms with Gasteiger partial charge < -0.3 is 4.74 Å². The molecule has 0 saturated carbocycles. The van der Waals surface area contributed by atoms with Crippen LogP contribution in [0.4, 0.5) is 0 Å². The second kappa shape index (κ2) is 5.50. The number of carbonyl (C=O) groups is 2. The standard InChI is InChI=1S/C10H17NO4/c1-10(2,3)15-9(13)7-6-8(12)11(4)14-5/h6-7H,1-5H3/b7-6+. The van der Waals surface area contributed by atoms with E-state index in [0.29, 0.717) is 0 Å². The van der Waals surface area contributed by atoms with Crippen LogP contribution in [-0.4, -0.2) is 36.7 Å². The average Bonchev–Trinajstić information content (AvgIpc) is 2.10. The summed E-state index contributed by atoms with van der Waals surface area (Å²) < 4.78 is 4.96. The minimum atomic E-state index is -0.558. The van der Waals surface area contributed by atoms with Crippen LogP contribution in [0.5, 0.6) is 0 Å². The fourth-order valence-electron chi connectivity index (χ4n) is 0.670. The molecule has 0 N–H and O–H groups in total. The van der Waals surface area contributed by atoms with E-state index in [4.69, 9.17) is 4.74 Å². The van der Waals surface area contributed by atoms with Gasteiger partial charge in [0.15, 0.2) is 0 Å². The highest BCUT2D eigenvalue weighted by molar-refractivity contribution is 5.94. The molecular formula is C10H17NO4. The zero-order valence-electron chi connectivity index (χ0n) is 9.73. The SMILES string of the molecule is CON(C)C(=O)/C=C/C(=O)OC(C)(C)C. The molecular weight excluding hydrogens is 198 g/mol. The van der Waals surface area contributed by atoms with Gasteiger partial charge in [0, 0.05) is 19.2 Å². The molecule has 0 rings (SSSR count). The summed E-state index contributed by atoms with van der Waals surface area (Å²) in [6.07, 6.45) is 2.17. The minimum absolute atomic E-state index is 0.427. The third-order valence-electron chi connectivity index (χ3n) is 1.35. The summed E-state index contributed by atoms with van der Waals surface area (Å²) in [5, 5.41) is 1.00. The van der Waals surface area contributed by atoms with Crippen molar-refractivity contribution in [1.82, 2.24) is 5.06 Å². The lowest BCUT2D eigenvalue weighted by Gasteiger charge is -2.18. The van der Waals surface area contributed by atoms with E-state index in [2.05, 4.69) is 4.84 Å². The number of likely N-dealkylation sites (N-methyl/N-ethyl adjacent to an activating group) is 1. The van der Waals surface area contributed by atoms with E-state index in [1.807, 2.05) is 0 Å². The monoisotopic (exact) mass is 215 g/mol. The molecule has 5 heteroatoms. The van der Waals surface area contributed by atoms with Gasteiger partial charge in [-0.3, -0.25) is 9.63 Å². The van der Waals surface area contributed by atoms with Crippen molar-refractivity contribution < 1.29 is 19.2 Å². The van der Waals surface area contributed by atoms with Gasteiger partial charge in [-0.1, -0.05) is 0 Å². The van der Waals surface area contributed by atoms with E-state index < -0.39 is 17.5 Å². The first-order valence-corrected chi connectivity index (χ1v) is 4.49. The van der Waals surface area contributed by atoms with E-state index in [1.54, 1.807) is 20.8 Å². The number of rotatable bonds is 3. The summed E-state index contributed by atoms with van der Waals surface area (Å²) >= 11 is 0. The molecule has 0 radical (unpaired) electrons. The van der Waals surface area contributed by atoms with Crippen molar-refractivity contribution in [2.24, 2.45) is 0 Å². The van der Waals surface area contributed by atoms with Crippen molar-refractivity contribution in [1.29, 1.82) is 0 Å². The highest BCUT2D eigenvalue weighted by atomic mass is 16.7. The first kappa shape index (κ1) is 13.6. The Morgan fingerprint density at radius 2 is 1.73 bits per heavy atom. The molecule has 0 spiro atoms. The van der Waals surface area contributed by atoms with Gasteiger partial charge >= 0.3 is 5.97 Å². The van der Waals surface area contributed by atoms with Crippen molar-refractivity contribution in [2.45, 2.75) is 26.4 Å². The molecule has 0 aliphatic carbocycles. The third-order valence-corrected chi connectivity index (χ3v) is 1.35. The summed E-state index contributed by atoms with van der Waals surface area (Å²) in [5.41, 5.74) is -0.558. The summed E-state index contributed by atoms with van der Waals surface area (Å²) in [6, 6.07) is 0. The number of carbonyl (C=O) groups excluding carboxylic acids is 2. The predicted octanol–water partition coefficient (Wildman–Crippen LogP) is 0.904. The summed E-state index contributed by atoms with van der Waals surface area (Å²) in [4.78, 5) is 26.9.